The molecule has 0 bridgehead atoms. The fourth-order valence-electron chi connectivity index (χ4n) is 2.02. The van der Waals surface area contributed by atoms with E-state index in [9.17, 15) is 9.90 Å². The zero-order chi connectivity index (χ0) is 14.8. The lowest BCUT2D eigenvalue weighted by Crippen LogP contribution is -2.16. The van der Waals surface area contributed by atoms with Gasteiger partial charge >= 0.3 is 0 Å². The van der Waals surface area contributed by atoms with Gasteiger partial charge in [-0.25, -0.2) is 0 Å². The van der Waals surface area contributed by atoms with E-state index in [1.165, 1.54) is 12.1 Å². The average Bonchev–Trinajstić information content (AvgIpc) is 2.47. The van der Waals surface area contributed by atoms with E-state index in [1.54, 1.807) is 24.3 Å². The highest BCUT2D eigenvalue weighted by molar-refractivity contribution is 6.31. The van der Waals surface area contributed by atoms with E-state index in [4.69, 9.17) is 21.1 Å². The molecule has 3 rings (SSSR count). The Kier molecular flexibility index (Phi) is 3.58. The van der Waals surface area contributed by atoms with Crippen LogP contribution in [0.1, 0.15) is 10.4 Å². The normalized spacial score (nSPS) is 12.8. The minimum absolute atomic E-state index is 0.147. The molecule has 0 unspecified atom stereocenters. The molecular weight excluding hydrogens is 294 g/mol. The lowest BCUT2D eigenvalue weighted by molar-refractivity contribution is 0.102. The Morgan fingerprint density at radius 3 is 2.62 bits per heavy atom. The first kappa shape index (κ1) is 13.6. The summed E-state index contributed by atoms with van der Waals surface area (Å²) in [5.41, 5.74) is 0.702. The summed E-state index contributed by atoms with van der Waals surface area (Å²) in [7, 11) is 0. The predicted molar refractivity (Wildman–Crippen MR) is 78.5 cm³/mol. The van der Waals surface area contributed by atoms with Crippen LogP contribution in [0.3, 0.4) is 0 Å². The number of benzene rings is 2. The molecule has 0 aliphatic carbocycles. The first-order valence-corrected chi connectivity index (χ1v) is 6.71. The van der Waals surface area contributed by atoms with Crippen molar-refractivity contribution in [3.8, 4) is 17.2 Å². The molecule has 0 fully saturated rings. The van der Waals surface area contributed by atoms with Crippen molar-refractivity contribution in [1.29, 1.82) is 0 Å². The molecule has 1 amide bonds. The average molecular weight is 306 g/mol. The number of anilines is 1. The van der Waals surface area contributed by atoms with Gasteiger partial charge in [-0.15, -0.1) is 0 Å². The van der Waals surface area contributed by atoms with Gasteiger partial charge in [-0.1, -0.05) is 11.6 Å². The van der Waals surface area contributed by atoms with Crippen LogP contribution in [-0.4, -0.2) is 24.2 Å². The quantitative estimate of drug-likeness (QED) is 0.895. The maximum absolute atomic E-state index is 12.1. The third-order valence-electron chi connectivity index (χ3n) is 3.00. The van der Waals surface area contributed by atoms with Crippen molar-refractivity contribution in [3.63, 3.8) is 0 Å². The third-order valence-corrected chi connectivity index (χ3v) is 3.24. The number of rotatable bonds is 2. The number of nitrogens with one attached hydrogen (secondary N) is 1. The van der Waals surface area contributed by atoms with Gasteiger partial charge in [-0.3, -0.25) is 4.79 Å². The number of carbonyl (C=O) groups is 1. The predicted octanol–water partition coefficient (Wildman–Crippen LogP) is 3.07. The van der Waals surface area contributed by atoms with Crippen molar-refractivity contribution < 1.29 is 19.4 Å². The molecule has 2 aromatic rings. The molecular formula is C15H12ClNO4. The number of phenolic OH excluding ortho intramolecular Hbond substituents is 1. The zero-order valence-corrected chi connectivity index (χ0v) is 11.7. The second-order valence-electron chi connectivity index (χ2n) is 4.47. The van der Waals surface area contributed by atoms with Gasteiger partial charge in [0.25, 0.3) is 5.91 Å². The van der Waals surface area contributed by atoms with Crippen molar-refractivity contribution in [3.05, 3.63) is 47.0 Å². The van der Waals surface area contributed by atoms with Gasteiger partial charge in [0.1, 0.15) is 19.0 Å². The number of amides is 1. The van der Waals surface area contributed by atoms with Gasteiger partial charge in [0, 0.05) is 16.8 Å². The van der Waals surface area contributed by atoms with Gasteiger partial charge in [-0.2, -0.15) is 0 Å². The van der Waals surface area contributed by atoms with E-state index < -0.39 is 5.91 Å². The molecule has 1 aliphatic heterocycles. The summed E-state index contributed by atoms with van der Waals surface area (Å²) in [5.74, 6) is 0.631. The molecule has 0 radical (unpaired) electrons. The van der Waals surface area contributed by atoms with Crippen LogP contribution in [0.25, 0.3) is 0 Å². The lowest BCUT2D eigenvalue weighted by Gasteiger charge is -2.19. The Balaban J connectivity index is 1.81. The molecule has 0 spiro atoms. The summed E-state index contributed by atoms with van der Waals surface area (Å²) >= 11 is 5.74. The Bertz CT molecular complexity index is 702. The zero-order valence-electron chi connectivity index (χ0n) is 10.9. The van der Waals surface area contributed by atoms with Crippen molar-refractivity contribution in [1.82, 2.24) is 0 Å². The van der Waals surface area contributed by atoms with E-state index in [-0.39, 0.29) is 11.3 Å². The van der Waals surface area contributed by atoms with Gasteiger partial charge in [0.15, 0.2) is 11.5 Å². The summed E-state index contributed by atoms with van der Waals surface area (Å²) in [6.45, 7) is 0.986. The van der Waals surface area contributed by atoms with Crippen molar-refractivity contribution in [2.24, 2.45) is 0 Å². The number of aromatic hydroxyl groups is 1. The smallest absolute Gasteiger partial charge is 0.259 e. The molecule has 0 aromatic heterocycles. The Morgan fingerprint density at radius 2 is 1.86 bits per heavy atom. The first-order valence-electron chi connectivity index (χ1n) is 6.33. The van der Waals surface area contributed by atoms with Crippen LogP contribution < -0.4 is 14.8 Å². The molecule has 2 N–H and O–H groups in total. The number of carbonyl (C=O) groups excluding carboxylic acids is 1. The maximum Gasteiger partial charge on any atom is 0.259 e. The van der Waals surface area contributed by atoms with Gasteiger partial charge in [0.2, 0.25) is 0 Å². The van der Waals surface area contributed by atoms with Crippen LogP contribution in [0.15, 0.2) is 36.4 Å². The second kappa shape index (κ2) is 5.54. The van der Waals surface area contributed by atoms with Crippen LogP contribution in [0, 0.1) is 0 Å². The molecule has 2 aromatic carbocycles. The third kappa shape index (κ3) is 2.87. The van der Waals surface area contributed by atoms with Crippen LogP contribution in [-0.2, 0) is 0 Å². The second-order valence-corrected chi connectivity index (χ2v) is 4.91. The van der Waals surface area contributed by atoms with E-state index >= 15 is 0 Å². The van der Waals surface area contributed by atoms with E-state index in [0.717, 1.165) is 0 Å². The number of phenols is 1. The van der Waals surface area contributed by atoms with Crippen molar-refractivity contribution >= 4 is 23.2 Å². The van der Waals surface area contributed by atoms with Gasteiger partial charge in [0.05, 0.1) is 5.56 Å². The molecule has 6 heteroatoms. The van der Waals surface area contributed by atoms with Crippen LogP contribution >= 0.6 is 11.6 Å². The highest BCUT2D eigenvalue weighted by Gasteiger charge is 2.15. The van der Waals surface area contributed by atoms with E-state index in [2.05, 4.69) is 5.32 Å². The molecule has 1 aliphatic rings. The molecule has 0 saturated carbocycles. The molecule has 5 nitrogen and oxygen atoms in total. The minimum atomic E-state index is -0.430. The molecule has 108 valence electrons. The molecule has 0 atom stereocenters. The maximum atomic E-state index is 12.1. The number of hydrogen-bond donors (Lipinski definition) is 2. The minimum Gasteiger partial charge on any atom is -0.507 e. The Labute approximate surface area is 126 Å². The largest absolute Gasteiger partial charge is 0.507 e. The fourth-order valence-corrected chi connectivity index (χ4v) is 2.18. The highest BCUT2D eigenvalue weighted by Crippen LogP contribution is 2.33. The number of fused-ring (bicyclic) bond motifs is 1. The highest BCUT2D eigenvalue weighted by atomic mass is 35.5. The SMILES string of the molecule is O=C(Nc1ccc2c(c1)OCCO2)c1ccc(Cl)cc1O. The monoisotopic (exact) mass is 305 g/mol. The molecule has 1 heterocycles. The number of halogens is 1. The summed E-state index contributed by atoms with van der Waals surface area (Å²) in [5, 5.41) is 12.8. The van der Waals surface area contributed by atoms with E-state index in [0.29, 0.717) is 35.4 Å². The number of ether oxygens (including phenoxy) is 2. The van der Waals surface area contributed by atoms with E-state index in [1.807, 2.05) is 0 Å². The van der Waals surface area contributed by atoms with Crippen molar-refractivity contribution in [2.75, 3.05) is 18.5 Å². The summed E-state index contributed by atoms with van der Waals surface area (Å²) in [4.78, 5) is 12.1. The standard InChI is InChI=1S/C15H12ClNO4/c16-9-1-3-11(12(18)7-9)15(19)17-10-2-4-13-14(8-10)21-6-5-20-13/h1-4,7-8,18H,5-6H2,(H,17,19). The lowest BCUT2D eigenvalue weighted by atomic mass is 10.2. The number of hydrogen-bond acceptors (Lipinski definition) is 4. The van der Waals surface area contributed by atoms with Gasteiger partial charge < -0.3 is 19.9 Å². The van der Waals surface area contributed by atoms with Crippen LogP contribution in [0.2, 0.25) is 5.02 Å². The van der Waals surface area contributed by atoms with Gasteiger partial charge in [-0.05, 0) is 30.3 Å². The molecule has 21 heavy (non-hydrogen) atoms. The van der Waals surface area contributed by atoms with Crippen LogP contribution in [0.5, 0.6) is 17.2 Å². The first-order chi connectivity index (χ1) is 10.1. The summed E-state index contributed by atoms with van der Waals surface area (Å²) in [6.07, 6.45) is 0. The Hall–Kier alpha value is -2.40. The summed E-state index contributed by atoms with van der Waals surface area (Å²) < 4.78 is 10.9. The van der Waals surface area contributed by atoms with Crippen molar-refractivity contribution in [2.45, 2.75) is 0 Å². The Morgan fingerprint density at radius 1 is 1.10 bits per heavy atom. The van der Waals surface area contributed by atoms with Crippen LogP contribution in [0.4, 0.5) is 5.69 Å². The molecule has 0 saturated heterocycles. The fraction of sp³-hybridized carbons (Fsp3) is 0.133. The topological polar surface area (TPSA) is 67.8 Å². The summed E-state index contributed by atoms with van der Waals surface area (Å²) in [6, 6.07) is 9.44.